The minimum absolute atomic E-state index is 0.0706. The van der Waals surface area contributed by atoms with Crippen molar-refractivity contribution in [3.63, 3.8) is 0 Å². The summed E-state index contributed by atoms with van der Waals surface area (Å²) in [7, 11) is -3.74. The van der Waals surface area contributed by atoms with Crippen molar-refractivity contribution >= 4 is 21.6 Å². The van der Waals surface area contributed by atoms with Crippen LogP contribution in [0.15, 0.2) is 47.4 Å². The molecule has 0 spiro atoms. The predicted octanol–water partition coefficient (Wildman–Crippen LogP) is 2.68. The van der Waals surface area contributed by atoms with Crippen LogP contribution in [0.3, 0.4) is 0 Å². The third-order valence-corrected chi connectivity index (χ3v) is 6.13. The number of anilines is 1. The highest BCUT2D eigenvalue weighted by Crippen LogP contribution is 2.29. The Morgan fingerprint density at radius 3 is 2.67 bits per heavy atom. The van der Waals surface area contributed by atoms with Gasteiger partial charge >= 0.3 is 0 Å². The van der Waals surface area contributed by atoms with Crippen molar-refractivity contribution in [2.45, 2.75) is 31.5 Å². The van der Waals surface area contributed by atoms with Crippen LogP contribution >= 0.6 is 0 Å². The average Bonchev–Trinajstić information content (AvgIpc) is 2.54. The molecule has 0 atom stereocenters. The minimum atomic E-state index is -3.74. The van der Waals surface area contributed by atoms with E-state index in [0.717, 1.165) is 5.56 Å². The van der Waals surface area contributed by atoms with Gasteiger partial charge in [0.2, 0.25) is 15.9 Å². The number of aryl methyl sites for hydroxylation is 1. The molecule has 2 aromatic rings. The molecule has 27 heavy (non-hydrogen) atoms. The normalized spacial score (nSPS) is 15.4. The van der Waals surface area contributed by atoms with Crippen molar-refractivity contribution in [3.8, 4) is 0 Å². The van der Waals surface area contributed by atoms with Crippen molar-refractivity contribution in [2.24, 2.45) is 0 Å². The Balaban J connectivity index is 1.66. The molecule has 1 aliphatic heterocycles. The molecule has 0 radical (unpaired) electrons. The number of ether oxygens (including phenoxy) is 1. The summed E-state index contributed by atoms with van der Waals surface area (Å²) in [4.78, 5) is 11.4. The zero-order valence-electron chi connectivity index (χ0n) is 15.1. The van der Waals surface area contributed by atoms with Crippen molar-refractivity contribution in [1.82, 2.24) is 4.31 Å². The third-order valence-electron chi connectivity index (χ3n) is 4.25. The summed E-state index contributed by atoms with van der Waals surface area (Å²) in [6.45, 7) is 3.77. The molecular formula is C19H21FN2O4S. The molecule has 0 aromatic heterocycles. The summed E-state index contributed by atoms with van der Waals surface area (Å²) in [5.41, 5.74) is 1.74. The Bertz CT molecular complexity index is 956. The lowest BCUT2D eigenvalue weighted by molar-refractivity contribution is -0.114. The van der Waals surface area contributed by atoms with Crippen LogP contribution in [0.2, 0.25) is 0 Å². The zero-order chi connectivity index (χ0) is 19.6. The molecule has 2 aromatic carbocycles. The molecule has 8 heteroatoms. The first-order chi connectivity index (χ1) is 12.8. The molecule has 0 bridgehead atoms. The molecule has 6 nitrogen and oxygen atoms in total. The fourth-order valence-electron chi connectivity index (χ4n) is 2.82. The van der Waals surface area contributed by atoms with E-state index in [2.05, 4.69) is 5.32 Å². The minimum Gasteiger partial charge on any atom is -0.371 e. The molecule has 0 aliphatic carbocycles. The monoisotopic (exact) mass is 392 g/mol. The molecule has 144 valence electrons. The van der Waals surface area contributed by atoms with E-state index >= 15 is 0 Å². The van der Waals surface area contributed by atoms with Gasteiger partial charge in [0.1, 0.15) is 10.7 Å². The van der Waals surface area contributed by atoms with Crippen LogP contribution < -0.4 is 5.32 Å². The third kappa shape index (κ3) is 4.52. The highest BCUT2D eigenvalue weighted by Gasteiger charge is 2.38. The van der Waals surface area contributed by atoms with Gasteiger partial charge in [-0.25, -0.2) is 12.8 Å². The molecule has 1 heterocycles. The van der Waals surface area contributed by atoms with E-state index < -0.39 is 10.0 Å². The number of nitrogens with zero attached hydrogens (tertiary/aromatic N) is 1. The topological polar surface area (TPSA) is 75.7 Å². The Hall–Kier alpha value is -2.29. The van der Waals surface area contributed by atoms with E-state index in [1.165, 1.54) is 23.4 Å². The van der Waals surface area contributed by atoms with Crippen molar-refractivity contribution in [2.75, 3.05) is 18.4 Å². The maximum Gasteiger partial charge on any atom is 0.245 e. The number of nitrogens with one attached hydrogen (secondary N) is 1. The first-order valence-corrected chi connectivity index (χ1v) is 9.94. The molecular weight excluding hydrogens is 371 g/mol. The van der Waals surface area contributed by atoms with E-state index in [4.69, 9.17) is 4.74 Å². The van der Waals surface area contributed by atoms with E-state index in [1.807, 2.05) is 0 Å². The second kappa shape index (κ2) is 7.75. The van der Waals surface area contributed by atoms with Crippen molar-refractivity contribution in [1.29, 1.82) is 0 Å². The smallest absolute Gasteiger partial charge is 0.245 e. The maximum absolute atomic E-state index is 13.2. The summed E-state index contributed by atoms with van der Waals surface area (Å²) in [5, 5.41) is 2.56. The molecule has 3 rings (SSSR count). The number of rotatable bonds is 6. The fraction of sp³-hybridized carbons (Fsp3) is 0.316. The van der Waals surface area contributed by atoms with E-state index in [1.54, 1.807) is 37.3 Å². The van der Waals surface area contributed by atoms with Gasteiger partial charge in [-0.1, -0.05) is 18.2 Å². The average molecular weight is 392 g/mol. The maximum atomic E-state index is 13.2. The summed E-state index contributed by atoms with van der Waals surface area (Å²) in [6, 6.07) is 11.0. The van der Waals surface area contributed by atoms with Gasteiger partial charge in [0, 0.05) is 20.0 Å². The van der Waals surface area contributed by atoms with Gasteiger partial charge in [-0.05, 0) is 42.3 Å². The van der Waals surface area contributed by atoms with Gasteiger partial charge in [-0.2, -0.15) is 4.31 Å². The first-order valence-electron chi connectivity index (χ1n) is 8.50. The van der Waals surface area contributed by atoms with Crippen LogP contribution in [-0.4, -0.2) is 37.8 Å². The van der Waals surface area contributed by atoms with Gasteiger partial charge in [0.05, 0.1) is 18.4 Å². The van der Waals surface area contributed by atoms with Gasteiger partial charge < -0.3 is 10.1 Å². The Labute approximate surface area is 158 Å². The lowest BCUT2D eigenvalue weighted by Crippen LogP contribution is -2.54. The molecule has 1 amide bonds. The molecule has 1 fully saturated rings. The van der Waals surface area contributed by atoms with Crippen LogP contribution in [0.1, 0.15) is 18.1 Å². The largest absolute Gasteiger partial charge is 0.371 e. The SMILES string of the molecule is CC(=O)Nc1ccc(C)cc1S(=O)(=O)N1CC(OCc2cccc(F)c2)C1. The van der Waals surface area contributed by atoms with Crippen molar-refractivity contribution in [3.05, 3.63) is 59.4 Å². The highest BCUT2D eigenvalue weighted by molar-refractivity contribution is 7.89. The molecule has 1 N–H and O–H groups in total. The summed E-state index contributed by atoms with van der Waals surface area (Å²) >= 11 is 0. The standard InChI is InChI=1S/C19H21FN2O4S/c1-13-6-7-18(21-14(2)23)19(8-13)27(24,25)22-10-17(11-22)26-12-15-4-3-5-16(20)9-15/h3-9,17H,10-12H2,1-2H3,(H,21,23). The van der Waals surface area contributed by atoms with Crippen LogP contribution in [-0.2, 0) is 26.2 Å². The highest BCUT2D eigenvalue weighted by atomic mass is 32.2. The number of amides is 1. The van der Waals surface area contributed by atoms with E-state index in [-0.39, 0.29) is 48.1 Å². The van der Waals surface area contributed by atoms with Crippen molar-refractivity contribution < 1.29 is 22.3 Å². The summed E-state index contributed by atoms with van der Waals surface area (Å²) in [5.74, 6) is -0.672. The number of carbonyl (C=O) groups is 1. The van der Waals surface area contributed by atoms with Crippen LogP contribution in [0.25, 0.3) is 0 Å². The fourth-order valence-corrected chi connectivity index (χ4v) is 4.55. The number of hydrogen-bond acceptors (Lipinski definition) is 4. The van der Waals surface area contributed by atoms with E-state index in [0.29, 0.717) is 5.56 Å². The predicted molar refractivity (Wildman–Crippen MR) is 99.2 cm³/mol. The molecule has 0 unspecified atom stereocenters. The van der Waals surface area contributed by atoms with Crippen LogP contribution in [0.4, 0.5) is 10.1 Å². The summed E-state index contributed by atoms with van der Waals surface area (Å²) < 4.78 is 46.0. The molecule has 1 aliphatic rings. The van der Waals surface area contributed by atoms with E-state index in [9.17, 15) is 17.6 Å². The number of benzene rings is 2. The Morgan fingerprint density at radius 2 is 2.00 bits per heavy atom. The second-order valence-corrected chi connectivity index (χ2v) is 8.47. The molecule has 1 saturated heterocycles. The summed E-state index contributed by atoms with van der Waals surface area (Å²) in [6.07, 6.45) is -0.253. The lowest BCUT2D eigenvalue weighted by atomic mass is 10.2. The Morgan fingerprint density at radius 1 is 1.26 bits per heavy atom. The molecule has 0 saturated carbocycles. The van der Waals surface area contributed by atoms with Gasteiger partial charge in [0.15, 0.2) is 0 Å². The number of hydrogen-bond donors (Lipinski definition) is 1. The second-order valence-electron chi connectivity index (χ2n) is 6.57. The van der Waals surface area contributed by atoms with Gasteiger partial charge in [-0.3, -0.25) is 4.79 Å². The van der Waals surface area contributed by atoms with Gasteiger partial charge in [-0.15, -0.1) is 0 Å². The van der Waals surface area contributed by atoms with Gasteiger partial charge in [0.25, 0.3) is 0 Å². The zero-order valence-corrected chi connectivity index (χ0v) is 15.9. The number of halogens is 1. The van der Waals surface area contributed by atoms with Crippen LogP contribution in [0, 0.1) is 12.7 Å². The Kier molecular flexibility index (Phi) is 5.59. The first kappa shape index (κ1) is 19.5. The number of carbonyl (C=O) groups excluding carboxylic acids is 1. The lowest BCUT2D eigenvalue weighted by Gasteiger charge is -2.38. The quantitative estimate of drug-likeness (QED) is 0.820. The number of sulfonamides is 1. The van der Waals surface area contributed by atoms with Crippen LogP contribution in [0.5, 0.6) is 0 Å².